The molecule has 1 fully saturated rings. The number of likely N-dealkylation sites (tertiary alicyclic amines) is 1. The van der Waals surface area contributed by atoms with Crippen molar-refractivity contribution < 1.29 is 9.47 Å². The van der Waals surface area contributed by atoms with E-state index in [0.717, 1.165) is 43.6 Å². The van der Waals surface area contributed by atoms with E-state index in [1.54, 1.807) is 0 Å². The van der Waals surface area contributed by atoms with Crippen molar-refractivity contribution in [1.29, 1.82) is 0 Å². The smallest absolute Gasteiger partial charge is 0.193 e. The molecule has 7 heteroatoms. The van der Waals surface area contributed by atoms with Gasteiger partial charge in [0.05, 0.1) is 0 Å². The molecular weight excluding hydrogens is 455 g/mol. The molecule has 2 heterocycles. The minimum absolute atomic E-state index is 0. The zero-order valence-electron chi connectivity index (χ0n) is 16.7. The predicted molar refractivity (Wildman–Crippen MR) is 121 cm³/mol. The molecule has 152 valence electrons. The molecule has 1 atom stereocenters. The molecule has 1 saturated heterocycles. The molecule has 2 aliphatic rings. The first-order chi connectivity index (χ1) is 12.7. The molecule has 0 saturated carbocycles. The van der Waals surface area contributed by atoms with E-state index >= 15 is 0 Å². The van der Waals surface area contributed by atoms with Crippen LogP contribution in [-0.4, -0.2) is 69.2 Å². The number of rotatable bonds is 5. The Morgan fingerprint density at radius 1 is 1.30 bits per heavy atom. The molecule has 1 aromatic rings. The lowest BCUT2D eigenvalue weighted by atomic mass is 9.99. The van der Waals surface area contributed by atoms with Crippen molar-refractivity contribution in [3.8, 4) is 11.5 Å². The molecule has 27 heavy (non-hydrogen) atoms. The zero-order chi connectivity index (χ0) is 18.4. The molecule has 0 spiro atoms. The number of aliphatic imine (C=N–C) groups is 1. The number of ether oxygens (including phenoxy) is 2. The van der Waals surface area contributed by atoms with Crippen molar-refractivity contribution in [2.45, 2.75) is 26.3 Å². The third-order valence-electron chi connectivity index (χ3n) is 4.94. The first kappa shape index (κ1) is 22.1. The highest BCUT2D eigenvalue weighted by Crippen LogP contribution is 2.31. The Bertz CT molecular complexity index is 626. The third kappa shape index (κ3) is 6.41. The summed E-state index contributed by atoms with van der Waals surface area (Å²) >= 11 is 0. The van der Waals surface area contributed by atoms with Crippen LogP contribution in [0.2, 0.25) is 0 Å². The predicted octanol–water partition coefficient (Wildman–Crippen LogP) is 2.81. The van der Waals surface area contributed by atoms with E-state index in [9.17, 15) is 0 Å². The zero-order valence-corrected chi connectivity index (χ0v) is 19.1. The second kappa shape index (κ2) is 10.9. The van der Waals surface area contributed by atoms with Gasteiger partial charge >= 0.3 is 0 Å². The topological polar surface area (TPSA) is 49.3 Å². The van der Waals surface area contributed by atoms with Crippen molar-refractivity contribution in [3.63, 3.8) is 0 Å². The number of guanidine groups is 1. The quantitative estimate of drug-likeness (QED) is 0.393. The van der Waals surface area contributed by atoms with E-state index in [-0.39, 0.29) is 24.0 Å². The maximum atomic E-state index is 5.70. The van der Waals surface area contributed by atoms with Crippen molar-refractivity contribution in [1.82, 2.24) is 15.1 Å². The number of benzene rings is 1. The number of piperidine rings is 1. The van der Waals surface area contributed by atoms with Gasteiger partial charge in [-0.3, -0.25) is 4.99 Å². The average Bonchev–Trinajstić information content (AvgIpc) is 2.65. The van der Waals surface area contributed by atoms with Gasteiger partial charge < -0.3 is 24.6 Å². The highest BCUT2D eigenvalue weighted by atomic mass is 127. The van der Waals surface area contributed by atoms with E-state index in [1.807, 2.05) is 6.07 Å². The fourth-order valence-electron chi connectivity index (χ4n) is 3.64. The van der Waals surface area contributed by atoms with Gasteiger partial charge in [0, 0.05) is 33.2 Å². The number of nitrogens with one attached hydrogen (secondary N) is 1. The summed E-state index contributed by atoms with van der Waals surface area (Å²) in [6.45, 7) is 8.26. The van der Waals surface area contributed by atoms with Crippen LogP contribution in [0.25, 0.3) is 0 Å². The maximum absolute atomic E-state index is 5.70. The molecule has 0 bridgehead atoms. The summed E-state index contributed by atoms with van der Waals surface area (Å²) in [6.07, 6.45) is 2.55. The molecular formula is C20H33IN4O2. The van der Waals surface area contributed by atoms with Crippen molar-refractivity contribution in [2.75, 3.05) is 53.5 Å². The lowest BCUT2D eigenvalue weighted by molar-refractivity contribution is 0.171. The molecule has 0 aliphatic carbocycles. The van der Waals surface area contributed by atoms with Crippen molar-refractivity contribution in [3.05, 3.63) is 23.8 Å². The standard InChI is InChI=1S/C20H32N4O2.HI/c1-4-21-20(22-13-17-6-5-9-23(2)14-17)24(3)15-16-7-8-18-19(12-16)26-11-10-25-18;/h7-8,12,17H,4-6,9-11,13-15H2,1-3H3,(H,21,22);1H. The summed E-state index contributed by atoms with van der Waals surface area (Å²) in [7, 11) is 4.29. The van der Waals surface area contributed by atoms with Gasteiger partial charge in [0.2, 0.25) is 0 Å². The van der Waals surface area contributed by atoms with Gasteiger partial charge in [0.15, 0.2) is 17.5 Å². The van der Waals surface area contributed by atoms with Gasteiger partial charge in [0.1, 0.15) is 13.2 Å². The monoisotopic (exact) mass is 488 g/mol. The Labute approximate surface area is 180 Å². The van der Waals surface area contributed by atoms with Gasteiger partial charge in [0.25, 0.3) is 0 Å². The number of fused-ring (bicyclic) bond motifs is 1. The highest BCUT2D eigenvalue weighted by molar-refractivity contribution is 14.0. The van der Waals surface area contributed by atoms with E-state index in [1.165, 1.54) is 24.9 Å². The van der Waals surface area contributed by atoms with Crippen LogP contribution < -0.4 is 14.8 Å². The molecule has 0 amide bonds. The summed E-state index contributed by atoms with van der Waals surface area (Å²) in [6, 6.07) is 6.17. The van der Waals surface area contributed by atoms with Gasteiger partial charge in [-0.25, -0.2) is 0 Å². The molecule has 1 N–H and O–H groups in total. The van der Waals surface area contributed by atoms with Crippen LogP contribution in [-0.2, 0) is 6.54 Å². The molecule has 1 unspecified atom stereocenters. The maximum Gasteiger partial charge on any atom is 0.193 e. The lowest BCUT2D eigenvalue weighted by Gasteiger charge is -2.29. The summed E-state index contributed by atoms with van der Waals surface area (Å²) < 4.78 is 11.3. The summed E-state index contributed by atoms with van der Waals surface area (Å²) in [5.74, 6) is 3.31. The Morgan fingerprint density at radius 2 is 2.07 bits per heavy atom. The molecule has 0 radical (unpaired) electrons. The highest BCUT2D eigenvalue weighted by Gasteiger charge is 2.18. The second-order valence-corrected chi connectivity index (χ2v) is 7.30. The SMILES string of the molecule is CCNC(=NCC1CCCN(C)C1)N(C)Cc1ccc2c(c1)OCCO2.I. The Kier molecular flexibility index (Phi) is 8.95. The number of halogens is 1. The van der Waals surface area contributed by atoms with Crippen LogP contribution in [0.15, 0.2) is 23.2 Å². The fourth-order valence-corrected chi connectivity index (χ4v) is 3.64. The van der Waals surface area contributed by atoms with Crippen LogP contribution >= 0.6 is 24.0 Å². The summed E-state index contributed by atoms with van der Waals surface area (Å²) in [5.41, 5.74) is 1.19. The van der Waals surface area contributed by atoms with Gasteiger partial charge in [-0.15, -0.1) is 24.0 Å². The molecule has 2 aliphatic heterocycles. The second-order valence-electron chi connectivity index (χ2n) is 7.30. The molecule has 3 rings (SSSR count). The lowest BCUT2D eigenvalue weighted by Crippen LogP contribution is -2.39. The van der Waals surface area contributed by atoms with Gasteiger partial charge in [-0.05, 0) is 57.0 Å². The molecule has 6 nitrogen and oxygen atoms in total. The minimum Gasteiger partial charge on any atom is -0.486 e. The van der Waals surface area contributed by atoms with Crippen LogP contribution in [0.4, 0.5) is 0 Å². The van der Waals surface area contributed by atoms with E-state index < -0.39 is 0 Å². The molecule has 1 aromatic carbocycles. The Balaban J connectivity index is 0.00000261. The number of hydrogen-bond acceptors (Lipinski definition) is 4. The van der Waals surface area contributed by atoms with E-state index in [2.05, 4.69) is 48.3 Å². The van der Waals surface area contributed by atoms with Crippen molar-refractivity contribution >= 4 is 29.9 Å². The van der Waals surface area contributed by atoms with Crippen molar-refractivity contribution in [2.24, 2.45) is 10.9 Å². The average molecular weight is 488 g/mol. The fraction of sp³-hybridized carbons (Fsp3) is 0.650. The molecule has 0 aromatic heterocycles. The first-order valence-corrected chi connectivity index (χ1v) is 9.72. The number of hydrogen-bond donors (Lipinski definition) is 1. The van der Waals surface area contributed by atoms with Gasteiger partial charge in [-0.2, -0.15) is 0 Å². The van der Waals surface area contributed by atoms with E-state index in [4.69, 9.17) is 14.5 Å². The Hall–Kier alpha value is -1.22. The largest absolute Gasteiger partial charge is 0.486 e. The van der Waals surface area contributed by atoms with Crippen LogP contribution in [0, 0.1) is 5.92 Å². The van der Waals surface area contributed by atoms with Crippen LogP contribution in [0.1, 0.15) is 25.3 Å². The van der Waals surface area contributed by atoms with Crippen LogP contribution in [0.3, 0.4) is 0 Å². The van der Waals surface area contributed by atoms with E-state index in [0.29, 0.717) is 19.1 Å². The minimum atomic E-state index is 0. The first-order valence-electron chi connectivity index (χ1n) is 9.72. The Morgan fingerprint density at radius 3 is 2.81 bits per heavy atom. The third-order valence-corrected chi connectivity index (χ3v) is 4.94. The van der Waals surface area contributed by atoms with Crippen LogP contribution in [0.5, 0.6) is 11.5 Å². The summed E-state index contributed by atoms with van der Waals surface area (Å²) in [4.78, 5) is 9.50. The normalized spacial score (nSPS) is 20.0. The number of nitrogens with zero attached hydrogens (tertiary/aromatic N) is 3. The summed E-state index contributed by atoms with van der Waals surface area (Å²) in [5, 5.41) is 3.42. The van der Waals surface area contributed by atoms with Gasteiger partial charge in [-0.1, -0.05) is 6.07 Å².